The van der Waals surface area contributed by atoms with Crippen LogP contribution < -0.4 is 5.32 Å². The molecule has 1 N–H and O–H groups in total. The molecule has 0 bridgehead atoms. The van der Waals surface area contributed by atoms with Gasteiger partial charge in [0.25, 0.3) is 5.91 Å². The Morgan fingerprint density at radius 3 is 1.76 bits per heavy atom. The summed E-state index contributed by atoms with van der Waals surface area (Å²) in [6.45, 7) is 0. The third-order valence-corrected chi connectivity index (χ3v) is 7.85. The van der Waals surface area contributed by atoms with Gasteiger partial charge in [-0.25, -0.2) is 0 Å². The minimum absolute atomic E-state index is 0.115. The van der Waals surface area contributed by atoms with E-state index in [9.17, 15) is 10.1 Å². The molecule has 0 aromatic heterocycles. The van der Waals surface area contributed by atoms with Crippen molar-refractivity contribution >= 4 is 29.4 Å². The summed E-state index contributed by atoms with van der Waals surface area (Å²) in [5.74, 6) is -0.115. The summed E-state index contributed by atoms with van der Waals surface area (Å²) in [4.78, 5) is 12.4. The zero-order valence-corrected chi connectivity index (χ0v) is 14.5. The highest BCUT2D eigenvalue weighted by molar-refractivity contribution is 8.20. The van der Waals surface area contributed by atoms with Crippen LogP contribution in [-0.4, -0.2) is 27.5 Å². The Bertz CT molecular complexity index is 362. The lowest BCUT2D eigenvalue weighted by Gasteiger charge is -2.34. The van der Waals surface area contributed by atoms with Gasteiger partial charge in [0.15, 0.2) is 0 Å². The molecule has 0 aromatic carbocycles. The van der Waals surface area contributed by atoms with Gasteiger partial charge in [0, 0.05) is 17.5 Å². The average molecular weight is 327 g/mol. The summed E-state index contributed by atoms with van der Waals surface area (Å²) < 4.78 is -0.946. The summed E-state index contributed by atoms with van der Waals surface area (Å²) in [5.41, 5.74) is 0. The van der Waals surface area contributed by atoms with Gasteiger partial charge in [-0.05, 0) is 25.7 Å². The monoisotopic (exact) mass is 326 g/mol. The maximum absolute atomic E-state index is 12.4. The number of carbonyl (C=O) groups is 1. The number of amides is 1. The SMILES string of the molecule is CNC(=O)C(C#N)(SC1CCCCC1)SC1CCCCC1. The maximum atomic E-state index is 12.4. The number of nitriles is 1. The van der Waals surface area contributed by atoms with Crippen molar-refractivity contribution in [2.45, 2.75) is 78.8 Å². The van der Waals surface area contributed by atoms with E-state index in [0.29, 0.717) is 10.5 Å². The highest BCUT2D eigenvalue weighted by atomic mass is 32.2. The summed E-state index contributed by atoms with van der Waals surface area (Å²) in [6.07, 6.45) is 12.1. The number of hydrogen-bond acceptors (Lipinski definition) is 4. The van der Waals surface area contributed by atoms with Crippen molar-refractivity contribution in [1.29, 1.82) is 5.26 Å². The van der Waals surface area contributed by atoms with Gasteiger partial charge in [-0.3, -0.25) is 4.79 Å². The van der Waals surface area contributed by atoms with Crippen LogP contribution in [0.15, 0.2) is 0 Å². The lowest BCUT2D eigenvalue weighted by molar-refractivity contribution is -0.119. The molecule has 0 saturated heterocycles. The van der Waals surface area contributed by atoms with Crippen molar-refractivity contribution in [3.05, 3.63) is 0 Å². The number of hydrogen-bond donors (Lipinski definition) is 1. The minimum atomic E-state index is -0.946. The Hall–Kier alpha value is -0.340. The number of thioether (sulfide) groups is 2. The predicted molar refractivity (Wildman–Crippen MR) is 91.3 cm³/mol. The van der Waals surface area contributed by atoms with E-state index in [1.807, 2.05) is 0 Å². The highest BCUT2D eigenvalue weighted by Gasteiger charge is 2.44. The third kappa shape index (κ3) is 4.56. The number of rotatable bonds is 5. The summed E-state index contributed by atoms with van der Waals surface area (Å²) in [5, 5.41) is 13.4. The lowest BCUT2D eigenvalue weighted by Crippen LogP contribution is -2.42. The van der Waals surface area contributed by atoms with Crippen LogP contribution in [0, 0.1) is 11.3 Å². The fraction of sp³-hybridized carbons (Fsp3) is 0.875. The second-order valence-electron chi connectivity index (χ2n) is 6.06. The Labute approximate surface area is 137 Å². The first-order chi connectivity index (χ1) is 10.2. The maximum Gasteiger partial charge on any atom is 0.260 e. The van der Waals surface area contributed by atoms with Gasteiger partial charge in [-0.2, -0.15) is 5.26 Å². The normalized spacial score (nSPS) is 21.7. The Morgan fingerprint density at radius 2 is 1.43 bits per heavy atom. The Kier molecular flexibility index (Phi) is 6.75. The van der Waals surface area contributed by atoms with Crippen LogP contribution in [0.4, 0.5) is 0 Å². The molecule has 2 fully saturated rings. The molecule has 21 heavy (non-hydrogen) atoms. The fourth-order valence-corrected chi connectivity index (χ4v) is 6.88. The molecule has 0 aromatic rings. The third-order valence-electron chi connectivity index (χ3n) is 4.44. The molecule has 2 saturated carbocycles. The molecule has 1 amide bonds. The van der Waals surface area contributed by atoms with Crippen molar-refractivity contribution in [1.82, 2.24) is 5.32 Å². The van der Waals surface area contributed by atoms with Gasteiger partial charge in [-0.15, -0.1) is 23.5 Å². The quantitative estimate of drug-likeness (QED) is 0.773. The van der Waals surface area contributed by atoms with Crippen molar-refractivity contribution in [2.24, 2.45) is 0 Å². The molecule has 2 aliphatic carbocycles. The molecule has 0 heterocycles. The lowest BCUT2D eigenvalue weighted by atomic mass is 10.0. The number of nitrogens with one attached hydrogen (secondary N) is 1. The number of nitrogens with zero attached hydrogens (tertiary/aromatic N) is 1. The first kappa shape index (κ1) is 17.0. The molecule has 0 atom stereocenters. The summed E-state index contributed by atoms with van der Waals surface area (Å²) >= 11 is 3.26. The van der Waals surface area contributed by atoms with Crippen LogP contribution in [0.3, 0.4) is 0 Å². The molecule has 3 nitrogen and oxygen atoms in total. The van der Waals surface area contributed by atoms with E-state index in [-0.39, 0.29) is 5.91 Å². The molecular formula is C16H26N2OS2. The van der Waals surface area contributed by atoms with E-state index in [2.05, 4.69) is 11.4 Å². The Balaban J connectivity index is 2.07. The second-order valence-corrected chi connectivity index (χ2v) is 9.35. The predicted octanol–water partition coefficient (Wildman–Crippen LogP) is 4.08. The van der Waals surface area contributed by atoms with E-state index in [1.165, 1.54) is 38.5 Å². The van der Waals surface area contributed by atoms with Gasteiger partial charge in [0.05, 0.1) is 0 Å². The zero-order chi connectivity index (χ0) is 15.1. The van der Waals surface area contributed by atoms with E-state index in [4.69, 9.17) is 0 Å². The standard InChI is InChI=1S/C16H26N2OS2/c1-18-15(19)16(12-17,20-13-8-4-2-5-9-13)21-14-10-6-3-7-11-14/h13-14H,2-11H2,1H3,(H,18,19). The molecule has 2 rings (SSSR count). The van der Waals surface area contributed by atoms with Crippen molar-refractivity contribution < 1.29 is 4.79 Å². The van der Waals surface area contributed by atoms with Crippen LogP contribution in [0.5, 0.6) is 0 Å². The topological polar surface area (TPSA) is 52.9 Å². The molecule has 2 aliphatic rings. The van der Waals surface area contributed by atoms with Crippen LogP contribution in [0.2, 0.25) is 0 Å². The average Bonchev–Trinajstić information content (AvgIpc) is 2.55. The van der Waals surface area contributed by atoms with Gasteiger partial charge in [0.2, 0.25) is 4.08 Å². The highest BCUT2D eigenvalue weighted by Crippen LogP contribution is 2.47. The van der Waals surface area contributed by atoms with Crippen LogP contribution in [-0.2, 0) is 4.79 Å². The summed E-state index contributed by atoms with van der Waals surface area (Å²) in [7, 11) is 1.65. The number of carbonyl (C=O) groups excluding carboxylic acids is 1. The first-order valence-electron chi connectivity index (χ1n) is 8.19. The smallest absolute Gasteiger partial charge is 0.260 e. The Morgan fingerprint density at radius 1 is 1.00 bits per heavy atom. The van der Waals surface area contributed by atoms with E-state index in [0.717, 1.165) is 25.7 Å². The molecule has 0 spiro atoms. The van der Waals surface area contributed by atoms with Crippen LogP contribution in [0.1, 0.15) is 64.2 Å². The second kappa shape index (κ2) is 8.33. The summed E-state index contributed by atoms with van der Waals surface area (Å²) in [6, 6.07) is 2.37. The molecular weight excluding hydrogens is 300 g/mol. The molecule has 0 radical (unpaired) electrons. The van der Waals surface area contributed by atoms with Gasteiger partial charge >= 0.3 is 0 Å². The van der Waals surface area contributed by atoms with Gasteiger partial charge in [-0.1, -0.05) is 38.5 Å². The molecule has 0 unspecified atom stereocenters. The van der Waals surface area contributed by atoms with Gasteiger partial charge in [0.1, 0.15) is 6.07 Å². The van der Waals surface area contributed by atoms with Crippen molar-refractivity contribution in [2.75, 3.05) is 7.05 Å². The minimum Gasteiger partial charge on any atom is -0.356 e. The molecule has 0 aliphatic heterocycles. The van der Waals surface area contributed by atoms with E-state index >= 15 is 0 Å². The van der Waals surface area contributed by atoms with Crippen molar-refractivity contribution in [3.63, 3.8) is 0 Å². The van der Waals surface area contributed by atoms with E-state index < -0.39 is 4.08 Å². The van der Waals surface area contributed by atoms with Gasteiger partial charge < -0.3 is 5.32 Å². The van der Waals surface area contributed by atoms with Crippen molar-refractivity contribution in [3.8, 4) is 6.07 Å². The molecule has 118 valence electrons. The zero-order valence-electron chi connectivity index (χ0n) is 12.9. The van der Waals surface area contributed by atoms with Crippen LogP contribution in [0.25, 0.3) is 0 Å². The largest absolute Gasteiger partial charge is 0.356 e. The van der Waals surface area contributed by atoms with E-state index in [1.54, 1.807) is 30.6 Å². The fourth-order valence-electron chi connectivity index (χ4n) is 3.24. The molecule has 5 heteroatoms. The van der Waals surface area contributed by atoms with Crippen LogP contribution >= 0.6 is 23.5 Å². The first-order valence-corrected chi connectivity index (χ1v) is 9.95.